The van der Waals surface area contributed by atoms with Gasteiger partial charge in [-0.3, -0.25) is 19.9 Å². The summed E-state index contributed by atoms with van der Waals surface area (Å²) in [6, 6.07) is 8.31. The predicted octanol–water partition coefficient (Wildman–Crippen LogP) is 5.12. The van der Waals surface area contributed by atoms with E-state index in [1.165, 1.54) is 24.8 Å². The summed E-state index contributed by atoms with van der Waals surface area (Å²) in [7, 11) is 0. The van der Waals surface area contributed by atoms with Crippen LogP contribution in [-0.2, 0) is 6.42 Å². The second-order valence-electron chi connectivity index (χ2n) is 8.64. The molecule has 2 aliphatic rings. The van der Waals surface area contributed by atoms with Crippen LogP contribution in [0.5, 0.6) is 5.75 Å². The zero-order valence-electron chi connectivity index (χ0n) is 17.9. The molecule has 1 saturated carbocycles. The number of nitrogens with one attached hydrogen (secondary N) is 1. The number of pyridine rings is 3. The quantitative estimate of drug-likeness (QED) is 0.494. The van der Waals surface area contributed by atoms with Gasteiger partial charge in [0.15, 0.2) is 0 Å². The maximum Gasteiger partial charge on any atom is 0.138 e. The molecule has 1 N–H and O–H groups in total. The molecule has 0 unspecified atom stereocenters. The lowest BCUT2D eigenvalue weighted by molar-refractivity contribution is 0.154. The minimum absolute atomic E-state index is 0.299. The first kappa shape index (κ1) is 19.2. The van der Waals surface area contributed by atoms with Gasteiger partial charge >= 0.3 is 0 Å². The van der Waals surface area contributed by atoms with Crippen LogP contribution in [0.4, 0.5) is 0 Å². The fourth-order valence-corrected chi connectivity index (χ4v) is 4.76. The Bertz CT molecular complexity index is 1270. The Balaban J connectivity index is 1.34. The van der Waals surface area contributed by atoms with Gasteiger partial charge in [0.1, 0.15) is 5.75 Å². The number of nitrogens with zero attached hydrogens (tertiary/aromatic N) is 4. The second kappa shape index (κ2) is 8.19. The van der Waals surface area contributed by atoms with Crippen LogP contribution in [-0.4, -0.2) is 38.3 Å². The molecule has 1 aliphatic heterocycles. The number of aromatic nitrogens is 4. The van der Waals surface area contributed by atoms with Gasteiger partial charge in [-0.25, -0.2) is 0 Å². The Labute approximate surface area is 186 Å². The van der Waals surface area contributed by atoms with Gasteiger partial charge < -0.3 is 9.72 Å². The predicted molar refractivity (Wildman–Crippen MR) is 125 cm³/mol. The molecule has 6 rings (SSSR count). The van der Waals surface area contributed by atoms with E-state index >= 15 is 0 Å². The molecule has 0 spiro atoms. The van der Waals surface area contributed by atoms with Crippen molar-refractivity contribution in [3.63, 3.8) is 0 Å². The van der Waals surface area contributed by atoms with Crippen LogP contribution < -0.4 is 4.74 Å². The Morgan fingerprint density at radius 2 is 1.88 bits per heavy atom. The van der Waals surface area contributed by atoms with Gasteiger partial charge in [-0.05, 0) is 61.9 Å². The largest absolute Gasteiger partial charge is 0.489 e. The molecular weight excluding hydrogens is 398 g/mol. The molecule has 6 nitrogen and oxygen atoms in total. The molecule has 1 aliphatic carbocycles. The maximum atomic E-state index is 6.23. The minimum atomic E-state index is 0.299. The van der Waals surface area contributed by atoms with Crippen LogP contribution in [0.25, 0.3) is 22.2 Å². The van der Waals surface area contributed by atoms with Gasteiger partial charge in [0.2, 0.25) is 0 Å². The van der Waals surface area contributed by atoms with E-state index in [1.54, 1.807) is 6.20 Å². The van der Waals surface area contributed by atoms with Crippen LogP contribution in [0.3, 0.4) is 0 Å². The molecule has 0 amide bonds. The van der Waals surface area contributed by atoms with Crippen LogP contribution in [0.2, 0.25) is 0 Å². The molecule has 5 heterocycles. The van der Waals surface area contributed by atoms with E-state index < -0.39 is 0 Å². The SMILES string of the molecule is c1cc2[nH]c(C3=NCCc4cnc(-c5cncc(OC6CCCCC6)c5)cc43)cc2cn1. The average molecular weight is 424 g/mol. The van der Waals surface area contributed by atoms with Crippen LogP contribution in [0.1, 0.15) is 48.9 Å². The van der Waals surface area contributed by atoms with Gasteiger partial charge in [0.05, 0.1) is 29.4 Å². The molecule has 1 fully saturated rings. The average Bonchev–Trinajstić information content (AvgIpc) is 3.28. The van der Waals surface area contributed by atoms with Gasteiger partial charge in [-0.2, -0.15) is 0 Å². The molecule has 160 valence electrons. The zero-order chi connectivity index (χ0) is 21.3. The topological polar surface area (TPSA) is 76.0 Å². The summed E-state index contributed by atoms with van der Waals surface area (Å²) in [6.07, 6.45) is 16.6. The summed E-state index contributed by atoms with van der Waals surface area (Å²) in [5, 5.41) is 1.09. The van der Waals surface area contributed by atoms with E-state index in [1.807, 2.05) is 30.9 Å². The van der Waals surface area contributed by atoms with E-state index in [4.69, 9.17) is 14.7 Å². The van der Waals surface area contributed by atoms with E-state index in [9.17, 15) is 0 Å². The number of H-pyrrole nitrogens is 1. The monoisotopic (exact) mass is 423 g/mol. The molecule has 0 radical (unpaired) electrons. The van der Waals surface area contributed by atoms with Gasteiger partial charge in [-0.15, -0.1) is 0 Å². The number of aliphatic imine (C=N–C) groups is 1. The highest BCUT2D eigenvalue weighted by Gasteiger charge is 2.20. The van der Waals surface area contributed by atoms with Crippen molar-refractivity contribution in [1.82, 2.24) is 19.9 Å². The Morgan fingerprint density at radius 3 is 2.78 bits per heavy atom. The molecular formula is C26H25N5O. The maximum absolute atomic E-state index is 6.23. The number of rotatable bonds is 4. The third-order valence-corrected chi connectivity index (χ3v) is 6.43. The first-order valence-corrected chi connectivity index (χ1v) is 11.4. The highest BCUT2D eigenvalue weighted by atomic mass is 16.5. The second-order valence-corrected chi connectivity index (χ2v) is 8.64. The summed E-state index contributed by atoms with van der Waals surface area (Å²) in [6.45, 7) is 0.767. The normalized spacial score (nSPS) is 16.6. The van der Waals surface area contributed by atoms with E-state index in [0.29, 0.717) is 6.10 Å². The van der Waals surface area contributed by atoms with Crippen molar-refractivity contribution in [1.29, 1.82) is 0 Å². The van der Waals surface area contributed by atoms with Crippen LogP contribution >= 0.6 is 0 Å². The van der Waals surface area contributed by atoms with Crippen molar-refractivity contribution in [2.24, 2.45) is 4.99 Å². The Morgan fingerprint density at radius 1 is 0.938 bits per heavy atom. The van der Waals surface area contributed by atoms with Crippen LogP contribution in [0, 0.1) is 0 Å². The highest BCUT2D eigenvalue weighted by molar-refractivity contribution is 6.15. The summed E-state index contributed by atoms with van der Waals surface area (Å²) < 4.78 is 6.23. The van der Waals surface area contributed by atoms with Crippen molar-refractivity contribution in [2.75, 3.05) is 6.54 Å². The number of ether oxygens (including phenoxy) is 1. The Hall–Kier alpha value is -3.54. The lowest BCUT2D eigenvalue weighted by atomic mass is 9.96. The van der Waals surface area contributed by atoms with Crippen molar-refractivity contribution in [3.8, 4) is 17.0 Å². The van der Waals surface area contributed by atoms with Crippen LogP contribution in [0.15, 0.2) is 60.2 Å². The zero-order valence-corrected chi connectivity index (χ0v) is 17.9. The first-order valence-electron chi connectivity index (χ1n) is 11.4. The number of hydrogen-bond acceptors (Lipinski definition) is 5. The minimum Gasteiger partial charge on any atom is -0.489 e. The molecule has 32 heavy (non-hydrogen) atoms. The van der Waals surface area contributed by atoms with E-state index in [2.05, 4.69) is 33.2 Å². The Kier molecular flexibility index (Phi) is 4.90. The summed E-state index contributed by atoms with van der Waals surface area (Å²) in [4.78, 5) is 21.8. The van der Waals surface area contributed by atoms with Crippen molar-refractivity contribution in [3.05, 3.63) is 72.1 Å². The standard InChI is InChI=1S/C26H25N5O/c1-2-4-20(5-3-1)32-21-10-18(14-28-16-21)24-12-22-17(15-30-24)6-9-29-26(22)25-11-19-13-27-8-7-23(19)31-25/h7-8,10-16,20,31H,1-6,9H2. The fraction of sp³-hybridized carbons (Fsp3) is 0.308. The highest BCUT2D eigenvalue weighted by Crippen LogP contribution is 2.29. The third-order valence-electron chi connectivity index (χ3n) is 6.43. The molecule has 4 aromatic heterocycles. The number of fused-ring (bicyclic) bond motifs is 2. The molecule has 6 heteroatoms. The number of hydrogen-bond donors (Lipinski definition) is 1. The molecule has 0 saturated heterocycles. The van der Waals surface area contributed by atoms with E-state index in [0.717, 1.165) is 70.7 Å². The molecule has 4 aromatic rings. The summed E-state index contributed by atoms with van der Waals surface area (Å²) in [5.41, 5.74) is 7.25. The molecule has 0 aromatic carbocycles. The van der Waals surface area contributed by atoms with Crippen molar-refractivity contribution < 1.29 is 4.74 Å². The smallest absolute Gasteiger partial charge is 0.138 e. The summed E-state index contributed by atoms with van der Waals surface area (Å²) >= 11 is 0. The van der Waals surface area contributed by atoms with Crippen molar-refractivity contribution >= 4 is 16.6 Å². The molecule has 0 atom stereocenters. The van der Waals surface area contributed by atoms with Crippen molar-refractivity contribution in [2.45, 2.75) is 44.6 Å². The number of aromatic amines is 1. The third kappa shape index (κ3) is 3.66. The fourth-order valence-electron chi connectivity index (χ4n) is 4.76. The van der Waals surface area contributed by atoms with Gasteiger partial charge in [0.25, 0.3) is 0 Å². The van der Waals surface area contributed by atoms with Gasteiger partial charge in [0, 0.05) is 53.4 Å². The molecule has 0 bridgehead atoms. The summed E-state index contributed by atoms with van der Waals surface area (Å²) in [5.74, 6) is 0.825. The lowest BCUT2D eigenvalue weighted by Crippen LogP contribution is -2.19. The lowest BCUT2D eigenvalue weighted by Gasteiger charge is -2.23. The van der Waals surface area contributed by atoms with E-state index in [-0.39, 0.29) is 0 Å². The first-order chi connectivity index (χ1) is 15.8. The van der Waals surface area contributed by atoms with Gasteiger partial charge in [-0.1, -0.05) is 6.42 Å².